The summed E-state index contributed by atoms with van der Waals surface area (Å²) in [6.07, 6.45) is 3.65. The number of halogens is 2. The average molecular weight is 350 g/mol. The van der Waals surface area contributed by atoms with Crippen molar-refractivity contribution < 1.29 is 0 Å². The fraction of sp³-hybridized carbons (Fsp3) is 0.125. The van der Waals surface area contributed by atoms with E-state index in [0.29, 0.717) is 23.1 Å². The molecule has 0 aliphatic heterocycles. The minimum atomic E-state index is 0.647. The zero-order chi connectivity index (χ0) is 15.4. The van der Waals surface area contributed by atoms with E-state index >= 15 is 0 Å². The highest BCUT2D eigenvalue weighted by atomic mass is 35.5. The summed E-state index contributed by atoms with van der Waals surface area (Å²) in [4.78, 5) is 9.82. The van der Waals surface area contributed by atoms with Crippen LogP contribution >= 0.6 is 34.5 Å². The van der Waals surface area contributed by atoms with Gasteiger partial charge in [-0.1, -0.05) is 35.3 Å². The molecule has 112 valence electrons. The minimum Gasteiger partial charge on any atom is -0.306 e. The van der Waals surface area contributed by atoms with Crippen LogP contribution in [-0.4, -0.2) is 9.97 Å². The van der Waals surface area contributed by atoms with Crippen LogP contribution in [0.4, 0.5) is 0 Å². The van der Waals surface area contributed by atoms with Gasteiger partial charge in [-0.15, -0.1) is 11.3 Å². The average Bonchev–Trinajstić information content (AvgIpc) is 2.99. The molecule has 0 fully saturated rings. The van der Waals surface area contributed by atoms with Gasteiger partial charge in [0.1, 0.15) is 5.01 Å². The molecule has 6 heteroatoms. The molecule has 0 aliphatic carbocycles. The largest absolute Gasteiger partial charge is 0.306 e. The highest BCUT2D eigenvalue weighted by Crippen LogP contribution is 2.24. The Kier molecular flexibility index (Phi) is 5.05. The zero-order valence-electron chi connectivity index (χ0n) is 11.6. The highest BCUT2D eigenvalue weighted by Gasteiger charge is 2.06. The zero-order valence-corrected chi connectivity index (χ0v) is 13.9. The molecule has 2 aromatic heterocycles. The lowest BCUT2D eigenvalue weighted by Crippen LogP contribution is -2.12. The molecule has 0 atom stereocenters. The van der Waals surface area contributed by atoms with E-state index < -0.39 is 0 Å². The molecular formula is C16H13Cl2N3S. The summed E-state index contributed by atoms with van der Waals surface area (Å²) in [5, 5.41) is 5.68. The van der Waals surface area contributed by atoms with Gasteiger partial charge in [-0.2, -0.15) is 0 Å². The Balaban J connectivity index is 1.59. The molecule has 0 aliphatic rings. The summed E-state index contributed by atoms with van der Waals surface area (Å²) in [5.41, 5.74) is 1.97. The first-order valence-corrected chi connectivity index (χ1v) is 8.30. The molecule has 0 spiro atoms. The Morgan fingerprint density at radius 2 is 1.95 bits per heavy atom. The molecule has 22 heavy (non-hydrogen) atoms. The van der Waals surface area contributed by atoms with Crippen molar-refractivity contribution in [1.29, 1.82) is 0 Å². The van der Waals surface area contributed by atoms with Crippen molar-refractivity contribution in [3.05, 3.63) is 69.4 Å². The van der Waals surface area contributed by atoms with Gasteiger partial charge in [-0.3, -0.25) is 4.98 Å². The van der Waals surface area contributed by atoms with Crippen LogP contribution < -0.4 is 5.32 Å². The fourth-order valence-corrected chi connectivity index (χ4v) is 3.33. The van der Waals surface area contributed by atoms with Gasteiger partial charge < -0.3 is 5.32 Å². The van der Waals surface area contributed by atoms with Crippen molar-refractivity contribution in [2.45, 2.75) is 13.1 Å². The van der Waals surface area contributed by atoms with Gasteiger partial charge in [-0.25, -0.2) is 4.98 Å². The molecule has 3 aromatic rings. The van der Waals surface area contributed by atoms with E-state index in [2.05, 4.69) is 15.3 Å². The monoisotopic (exact) mass is 349 g/mol. The molecule has 0 saturated heterocycles. The second-order valence-corrected chi connectivity index (χ2v) is 6.63. The quantitative estimate of drug-likeness (QED) is 0.718. The molecule has 0 bridgehead atoms. The minimum absolute atomic E-state index is 0.647. The molecule has 0 radical (unpaired) electrons. The number of benzene rings is 1. The third kappa shape index (κ3) is 3.84. The number of aromatic nitrogens is 2. The van der Waals surface area contributed by atoms with Gasteiger partial charge in [0, 0.05) is 35.5 Å². The molecule has 1 N–H and O–H groups in total. The van der Waals surface area contributed by atoms with Gasteiger partial charge in [0.05, 0.1) is 10.6 Å². The molecule has 2 heterocycles. The van der Waals surface area contributed by atoms with E-state index in [1.807, 2.05) is 36.5 Å². The Morgan fingerprint density at radius 1 is 1.05 bits per heavy atom. The SMILES string of the molecule is Clc1ccc(CNCc2ncc(-c3ccccn3)s2)c(Cl)c1. The standard InChI is InChI=1S/C16H13Cl2N3S/c17-12-5-4-11(13(18)7-12)8-19-10-16-21-9-15(22-16)14-3-1-2-6-20-14/h1-7,9,19H,8,10H2. The van der Waals surface area contributed by atoms with E-state index in [1.54, 1.807) is 23.6 Å². The number of rotatable bonds is 5. The summed E-state index contributed by atoms with van der Waals surface area (Å²) in [5.74, 6) is 0. The van der Waals surface area contributed by atoms with E-state index in [9.17, 15) is 0 Å². The molecule has 3 nitrogen and oxygen atoms in total. The third-order valence-corrected chi connectivity index (χ3v) is 4.68. The summed E-state index contributed by atoms with van der Waals surface area (Å²) in [6.45, 7) is 1.37. The maximum atomic E-state index is 6.15. The van der Waals surface area contributed by atoms with Crippen LogP contribution in [-0.2, 0) is 13.1 Å². The van der Waals surface area contributed by atoms with Gasteiger partial charge in [0.25, 0.3) is 0 Å². The number of thiazole rings is 1. The van der Waals surface area contributed by atoms with E-state index in [1.165, 1.54) is 0 Å². The number of hydrogen-bond acceptors (Lipinski definition) is 4. The Hall–Kier alpha value is -1.46. The lowest BCUT2D eigenvalue weighted by molar-refractivity contribution is 0.690. The van der Waals surface area contributed by atoms with Crippen LogP contribution in [0.2, 0.25) is 10.0 Å². The van der Waals surface area contributed by atoms with Gasteiger partial charge >= 0.3 is 0 Å². The van der Waals surface area contributed by atoms with Crippen LogP contribution in [0.25, 0.3) is 10.6 Å². The van der Waals surface area contributed by atoms with E-state index in [0.717, 1.165) is 21.1 Å². The smallest absolute Gasteiger partial charge is 0.107 e. The normalized spacial score (nSPS) is 10.8. The summed E-state index contributed by atoms with van der Waals surface area (Å²) in [6, 6.07) is 11.4. The molecule has 0 unspecified atom stereocenters. The predicted octanol–water partition coefficient (Wildman–Crippen LogP) is 4.80. The number of hydrogen-bond donors (Lipinski definition) is 1. The summed E-state index contributed by atoms with van der Waals surface area (Å²) < 4.78 is 0. The van der Waals surface area contributed by atoms with Gasteiger partial charge in [0.2, 0.25) is 0 Å². The predicted molar refractivity (Wildman–Crippen MR) is 92.4 cm³/mol. The van der Waals surface area contributed by atoms with Crippen molar-refractivity contribution >= 4 is 34.5 Å². The molecule has 1 aromatic carbocycles. The first-order chi connectivity index (χ1) is 10.7. The van der Waals surface area contributed by atoms with Crippen molar-refractivity contribution in [2.24, 2.45) is 0 Å². The number of nitrogens with zero attached hydrogens (tertiary/aromatic N) is 2. The Labute approximate surface area is 143 Å². The summed E-state index contributed by atoms with van der Waals surface area (Å²) in [7, 11) is 0. The fourth-order valence-electron chi connectivity index (χ4n) is 1.99. The second kappa shape index (κ2) is 7.20. The van der Waals surface area contributed by atoms with Crippen LogP contribution in [0.3, 0.4) is 0 Å². The van der Waals surface area contributed by atoms with Crippen LogP contribution in [0.5, 0.6) is 0 Å². The molecule has 0 saturated carbocycles. The third-order valence-electron chi connectivity index (χ3n) is 3.08. The summed E-state index contributed by atoms with van der Waals surface area (Å²) >= 11 is 13.7. The Bertz CT molecular complexity index is 759. The lowest BCUT2D eigenvalue weighted by Gasteiger charge is -2.05. The van der Waals surface area contributed by atoms with Gasteiger partial charge in [-0.05, 0) is 29.8 Å². The first kappa shape index (κ1) is 15.4. The van der Waals surface area contributed by atoms with Crippen molar-refractivity contribution in [3.63, 3.8) is 0 Å². The van der Waals surface area contributed by atoms with Crippen molar-refractivity contribution in [3.8, 4) is 10.6 Å². The maximum absolute atomic E-state index is 6.15. The van der Waals surface area contributed by atoms with Crippen LogP contribution in [0, 0.1) is 0 Å². The van der Waals surface area contributed by atoms with Gasteiger partial charge in [0.15, 0.2) is 0 Å². The highest BCUT2D eigenvalue weighted by molar-refractivity contribution is 7.15. The van der Waals surface area contributed by atoms with Crippen molar-refractivity contribution in [2.75, 3.05) is 0 Å². The van der Waals surface area contributed by atoms with E-state index in [4.69, 9.17) is 23.2 Å². The van der Waals surface area contributed by atoms with Crippen molar-refractivity contribution in [1.82, 2.24) is 15.3 Å². The lowest BCUT2D eigenvalue weighted by atomic mass is 10.2. The van der Waals surface area contributed by atoms with E-state index in [-0.39, 0.29) is 0 Å². The first-order valence-electron chi connectivity index (χ1n) is 6.73. The maximum Gasteiger partial charge on any atom is 0.107 e. The molecule has 3 rings (SSSR count). The Morgan fingerprint density at radius 3 is 2.73 bits per heavy atom. The van der Waals surface area contributed by atoms with Crippen LogP contribution in [0.15, 0.2) is 48.8 Å². The topological polar surface area (TPSA) is 37.8 Å². The van der Waals surface area contributed by atoms with Crippen LogP contribution in [0.1, 0.15) is 10.6 Å². The number of pyridine rings is 1. The molecule has 0 amide bonds. The molecular weight excluding hydrogens is 337 g/mol. The number of nitrogens with one attached hydrogen (secondary N) is 1. The second-order valence-electron chi connectivity index (χ2n) is 4.67.